The van der Waals surface area contributed by atoms with E-state index in [9.17, 15) is 5.11 Å². The fraction of sp³-hybridized carbons (Fsp3) is 0.294. The molecule has 5 heteroatoms. The maximum Gasteiger partial charge on any atom is 0.231 e. The Morgan fingerprint density at radius 3 is 2.82 bits per heavy atom. The van der Waals surface area contributed by atoms with Gasteiger partial charge in [-0.15, -0.1) is 0 Å². The molecule has 3 aliphatic rings. The van der Waals surface area contributed by atoms with Gasteiger partial charge in [0.2, 0.25) is 6.79 Å². The largest absolute Gasteiger partial charge is 0.504 e. The van der Waals surface area contributed by atoms with Crippen molar-refractivity contribution >= 4 is 0 Å². The molecule has 112 valence electrons. The summed E-state index contributed by atoms with van der Waals surface area (Å²) in [4.78, 5) is 0. The molecular formula is C17H15NO4. The molecular weight excluding hydrogens is 282 g/mol. The van der Waals surface area contributed by atoms with Crippen LogP contribution in [0.1, 0.15) is 22.7 Å². The Bertz CT molecular complexity index is 787. The van der Waals surface area contributed by atoms with Crippen LogP contribution in [0, 0.1) is 0 Å². The van der Waals surface area contributed by atoms with Crippen molar-refractivity contribution in [3.05, 3.63) is 41.0 Å². The molecule has 1 atom stereocenters. The third-order valence-electron chi connectivity index (χ3n) is 4.59. The van der Waals surface area contributed by atoms with Crippen molar-refractivity contribution in [2.75, 3.05) is 13.3 Å². The van der Waals surface area contributed by atoms with Gasteiger partial charge < -0.3 is 24.6 Å². The number of hydrogen-bond donors (Lipinski definition) is 2. The number of ether oxygens (including phenoxy) is 3. The fourth-order valence-corrected chi connectivity index (χ4v) is 3.54. The van der Waals surface area contributed by atoms with Crippen molar-refractivity contribution in [2.45, 2.75) is 18.9 Å². The van der Waals surface area contributed by atoms with Gasteiger partial charge in [0, 0.05) is 23.2 Å². The Morgan fingerprint density at radius 1 is 1.05 bits per heavy atom. The Labute approximate surface area is 127 Å². The molecule has 0 bridgehead atoms. The summed E-state index contributed by atoms with van der Waals surface area (Å²) >= 11 is 0. The van der Waals surface area contributed by atoms with Crippen LogP contribution in [0.4, 0.5) is 0 Å². The van der Waals surface area contributed by atoms with Gasteiger partial charge in [0.25, 0.3) is 0 Å². The van der Waals surface area contributed by atoms with Crippen LogP contribution < -0.4 is 19.5 Å². The van der Waals surface area contributed by atoms with Crippen molar-refractivity contribution < 1.29 is 19.3 Å². The number of rotatable bonds is 0. The number of hydrogen-bond acceptors (Lipinski definition) is 5. The van der Waals surface area contributed by atoms with Crippen LogP contribution >= 0.6 is 0 Å². The summed E-state index contributed by atoms with van der Waals surface area (Å²) in [6.07, 6.45) is 1.75. The third-order valence-corrected chi connectivity index (χ3v) is 4.59. The summed E-state index contributed by atoms with van der Waals surface area (Å²) < 4.78 is 17.0. The lowest BCUT2D eigenvalue weighted by Crippen LogP contribution is -2.30. The Kier molecular flexibility index (Phi) is 2.38. The van der Waals surface area contributed by atoms with Crippen molar-refractivity contribution in [1.82, 2.24) is 5.32 Å². The number of nitrogens with one attached hydrogen (secondary N) is 1. The number of phenols is 1. The van der Waals surface area contributed by atoms with E-state index in [1.807, 2.05) is 18.2 Å². The van der Waals surface area contributed by atoms with Crippen molar-refractivity contribution in [2.24, 2.45) is 0 Å². The number of aromatic hydroxyl groups is 1. The lowest BCUT2D eigenvalue weighted by atomic mass is 9.90. The molecule has 0 saturated carbocycles. The number of benzene rings is 2. The van der Waals surface area contributed by atoms with E-state index >= 15 is 0 Å². The monoisotopic (exact) mass is 297 g/mol. The van der Waals surface area contributed by atoms with Gasteiger partial charge in [-0.1, -0.05) is 6.07 Å². The molecule has 0 saturated heterocycles. The van der Waals surface area contributed by atoms with E-state index < -0.39 is 0 Å². The summed E-state index contributed by atoms with van der Waals surface area (Å²) in [6.45, 7) is 1.17. The van der Waals surface area contributed by atoms with E-state index in [0.29, 0.717) is 11.5 Å². The van der Waals surface area contributed by atoms with E-state index in [4.69, 9.17) is 14.2 Å². The third kappa shape index (κ3) is 1.63. The Hall–Kier alpha value is -2.40. The van der Waals surface area contributed by atoms with Crippen molar-refractivity contribution in [1.29, 1.82) is 0 Å². The molecule has 3 aliphatic heterocycles. The van der Waals surface area contributed by atoms with Crippen LogP contribution in [0.15, 0.2) is 24.3 Å². The highest BCUT2D eigenvalue weighted by atomic mass is 16.7. The van der Waals surface area contributed by atoms with Gasteiger partial charge in [-0.3, -0.25) is 0 Å². The second-order valence-corrected chi connectivity index (χ2v) is 5.86. The molecule has 2 aromatic carbocycles. The average molecular weight is 297 g/mol. The van der Waals surface area contributed by atoms with Crippen molar-refractivity contribution in [3.63, 3.8) is 0 Å². The topological polar surface area (TPSA) is 60.0 Å². The molecule has 5 nitrogen and oxygen atoms in total. The van der Waals surface area contributed by atoms with E-state index in [2.05, 4.69) is 5.32 Å². The second-order valence-electron chi connectivity index (χ2n) is 5.86. The van der Waals surface area contributed by atoms with Crippen LogP contribution in [0.3, 0.4) is 0 Å². The van der Waals surface area contributed by atoms with Gasteiger partial charge in [0.15, 0.2) is 23.0 Å². The van der Waals surface area contributed by atoms with Crippen LogP contribution in [-0.2, 0) is 12.8 Å². The summed E-state index contributed by atoms with van der Waals surface area (Å²) in [5.41, 5.74) is 3.37. The standard InChI is InChI=1S/C17H15NO4/c19-12-2-1-9-3-4-18-11-5-10-6-14-15(21-8-20-14)7-13(10)22-17(12)16(9)11/h1-2,6-7,11,18-19H,3-5,8H2. The minimum atomic E-state index is 0.146. The Balaban J connectivity index is 1.72. The molecule has 3 heterocycles. The van der Waals surface area contributed by atoms with E-state index in [-0.39, 0.29) is 18.6 Å². The molecule has 0 aromatic heterocycles. The first kappa shape index (κ1) is 12.2. The second kappa shape index (κ2) is 4.30. The molecule has 0 radical (unpaired) electrons. The Morgan fingerprint density at radius 2 is 1.91 bits per heavy atom. The predicted molar refractivity (Wildman–Crippen MR) is 78.9 cm³/mol. The average Bonchev–Trinajstić information content (AvgIpc) is 2.90. The van der Waals surface area contributed by atoms with Gasteiger partial charge in [-0.05, 0) is 37.1 Å². The van der Waals surface area contributed by atoms with Crippen LogP contribution in [0.25, 0.3) is 0 Å². The summed E-state index contributed by atoms with van der Waals surface area (Å²) in [5, 5.41) is 13.8. The molecule has 1 unspecified atom stereocenters. The highest BCUT2D eigenvalue weighted by molar-refractivity contribution is 5.60. The van der Waals surface area contributed by atoms with Gasteiger partial charge in [-0.25, -0.2) is 0 Å². The number of fused-ring (bicyclic) bond motifs is 2. The maximum atomic E-state index is 10.3. The molecule has 0 fully saturated rings. The lowest BCUT2D eigenvalue weighted by molar-refractivity contribution is 0.174. The fourth-order valence-electron chi connectivity index (χ4n) is 3.54. The van der Waals surface area contributed by atoms with Gasteiger partial charge in [0.05, 0.1) is 0 Å². The van der Waals surface area contributed by atoms with E-state index in [0.717, 1.165) is 42.0 Å². The number of phenolic OH excluding ortho intramolecular Hbond substituents is 1. The van der Waals surface area contributed by atoms with Gasteiger partial charge in [-0.2, -0.15) is 0 Å². The van der Waals surface area contributed by atoms with Crippen molar-refractivity contribution in [3.8, 4) is 28.7 Å². The zero-order chi connectivity index (χ0) is 14.7. The zero-order valence-corrected chi connectivity index (χ0v) is 11.9. The summed E-state index contributed by atoms with van der Waals surface area (Å²) in [6, 6.07) is 7.69. The predicted octanol–water partition coefficient (Wildman–Crippen LogP) is 2.66. The first-order valence-electron chi connectivity index (χ1n) is 7.48. The lowest BCUT2D eigenvalue weighted by Gasteiger charge is -2.27. The molecule has 0 aliphatic carbocycles. The minimum absolute atomic E-state index is 0.146. The molecule has 22 heavy (non-hydrogen) atoms. The highest BCUT2D eigenvalue weighted by Crippen LogP contribution is 2.49. The summed E-state index contributed by atoms with van der Waals surface area (Å²) in [7, 11) is 0. The molecule has 2 N–H and O–H groups in total. The maximum absolute atomic E-state index is 10.3. The van der Waals surface area contributed by atoms with Crippen LogP contribution in [-0.4, -0.2) is 18.4 Å². The quantitative estimate of drug-likeness (QED) is 0.783. The first-order valence-corrected chi connectivity index (χ1v) is 7.48. The van der Waals surface area contributed by atoms with Crippen LogP contribution in [0.5, 0.6) is 28.7 Å². The summed E-state index contributed by atoms with van der Waals surface area (Å²) in [5.74, 6) is 2.92. The van der Waals surface area contributed by atoms with Gasteiger partial charge in [0.1, 0.15) is 5.75 Å². The molecule has 2 aromatic rings. The van der Waals surface area contributed by atoms with Gasteiger partial charge >= 0.3 is 0 Å². The minimum Gasteiger partial charge on any atom is -0.504 e. The normalized spacial score (nSPS) is 20.6. The molecule has 0 spiro atoms. The highest BCUT2D eigenvalue weighted by Gasteiger charge is 2.31. The molecule has 0 amide bonds. The first-order chi connectivity index (χ1) is 10.8. The SMILES string of the molecule is Oc1ccc2c3c1Oc1cc4c(cc1CC3NCC2)OCO4. The smallest absolute Gasteiger partial charge is 0.231 e. The zero-order valence-electron chi connectivity index (χ0n) is 11.9. The van der Waals surface area contributed by atoms with E-state index in [1.54, 1.807) is 6.07 Å². The van der Waals surface area contributed by atoms with Crippen LogP contribution in [0.2, 0.25) is 0 Å². The van der Waals surface area contributed by atoms with E-state index in [1.165, 1.54) is 5.56 Å². The molecule has 5 rings (SSSR count).